The lowest BCUT2D eigenvalue weighted by molar-refractivity contribution is -0.0327. The molecule has 3 aromatic heterocycles. The van der Waals surface area contributed by atoms with Crippen LogP contribution in [0.15, 0.2) is 47.7 Å². The third-order valence-corrected chi connectivity index (χ3v) is 9.69. The van der Waals surface area contributed by atoms with Crippen LogP contribution >= 0.6 is 0 Å². The van der Waals surface area contributed by atoms with Gasteiger partial charge in [0.25, 0.3) is 5.56 Å². The average molecular weight is 644 g/mol. The van der Waals surface area contributed by atoms with Crippen LogP contribution in [-0.4, -0.2) is 71.8 Å². The van der Waals surface area contributed by atoms with Gasteiger partial charge in [-0.2, -0.15) is 0 Å². The van der Waals surface area contributed by atoms with Crippen LogP contribution in [0.2, 0.25) is 0 Å². The van der Waals surface area contributed by atoms with Crippen molar-refractivity contribution in [3.05, 3.63) is 64.3 Å². The quantitative estimate of drug-likeness (QED) is 0.291. The molecule has 4 bridgehead atoms. The minimum absolute atomic E-state index is 0.0543. The zero-order valence-corrected chi connectivity index (χ0v) is 27.2. The molecule has 4 heterocycles. The van der Waals surface area contributed by atoms with Crippen molar-refractivity contribution < 1.29 is 23.7 Å². The number of fused-ring (bicyclic) bond motifs is 4. The first-order valence-electron chi connectivity index (χ1n) is 16.1. The number of benzene rings is 1. The van der Waals surface area contributed by atoms with Gasteiger partial charge in [0.15, 0.2) is 5.65 Å². The topological polar surface area (TPSA) is 134 Å². The monoisotopic (exact) mass is 643 g/mol. The lowest BCUT2D eigenvalue weighted by Gasteiger charge is -2.37. The van der Waals surface area contributed by atoms with Crippen molar-refractivity contribution in [1.82, 2.24) is 24.4 Å². The summed E-state index contributed by atoms with van der Waals surface area (Å²) in [5.41, 5.74) is 3.64. The van der Waals surface area contributed by atoms with Gasteiger partial charge in [0.2, 0.25) is 0 Å². The van der Waals surface area contributed by atoms with E-state index in [0.717, 1.165) is 55.3 Å². The van der Waals surface area contributed by atoms with Gasteiger partial charge in [-0.15, -0.1) is 0 Å². The van der Waals surface area contributed by atoms with Crippen molar-refractivity contribution in [3.8, 4) is 11.5 Å². The normalized spacial score (nSPS) is 22.4. The first kappa shape index (κ1) is 31.0. The number of methoxy groups -OCH3 is 3. The maximum atomic E-state index is 14.1. The highest BCUT2D eigenvalue weighted by atomic mass is 16.5. The van der Waals surface area contributed by atoms with Crippen LogP contribution in [0, 0.1) is 0 Å². The molecule has 13 nitrogen and oxygen atoms in total. The molecule has 7 rings (SSSR count). The van der Waals surface area contributed by atoms with Gasteiger partial charge in [0.05, 0.1) is 50.8 Å². The van der Waals surface area contributed by atoms with Gasteiger partial charge in [-0.1, -0.05) is 12.8 Å². The maximum absolute atomic E-state index is 14.1. The molecule has 2 aliphatic carbocycles. The van der Waals surface area contributed by atoms with E-state index in [4.69, 9.17) is 23.9 Å². The van der Waals surface area contributed by atoms with E-state index in [9.17, 15) is 9.59 Å². The molecule has 1 aliphatic heterocycles. The second-order valence-corrected chi connectivity index (χ2v) is 12.6. The van der Waals surface area contributed by atoms with E-state index in [1.165, 1.54) is 10.9 Å². The van der Waals surface area contributed by atoms with Gasteiger partial charge in [-0.05, 0) is 49.4 Å². The van der Waals surface area contributed by atoms with E-state index in [1.807, 2.05) is 53.0 Å². The molecule has 4 atom stereocenters. The van der Waals surface area contributed by atoms with Crippen LogP contribution in [-0.2, 0) is 22.6 Å². The number of anilines is 3. The second kappa shape index (κ2) is 12.9. The number of ether oxygens (including phenoxy) is 4. The molecule has 2 N–H and O–H groups in total. The first-order chi connectivity index (χ1) is 22.9. The summed E-state index contributed by atoms with van der Waals surface area (Å²) in [5.74, 6) is 1.79. The van der Waals surface area contributed by atoms with E-state index in [0.29, 0.717) is 47.3 Å². The molecule has 3 aliphatic rings. The van der Waals surface area contributed by atoms with Gasteiger partial charge < -0.3 is 39.0 Å². The molecule has 248 valence electrons. The Labute approximate surface area is 272 Å². The molecule has 13 heteroatoms. The van der Waals surface area contributed by atoms with Crippen LogP contribution in [0.1, 0.15) is 55.7 Å². The number of aromatic nitrogens is 4. The summed E-state index contributed by atoms with van der Waals surface area (Å²) in [4.78, 5) is 39.2. The maximum Gasteiger partial charge on any atom is 0.328 e. The summed E-state index contributed by atoms with van der Waals surface area (Å²) < 4.78 is 26.4. The lowest BCUT2D eigenvalue weighted by atomic mass is 9.89. The molecule has 2 fully saturated rings. The Bertz CT molecular complexity index is 1850. The molecule has 2 saturated carbocycles. The fourth-order valence-electron chi connectivity index (χ4n) is 6.95. The molecule has 0 saturated heterocycles. The number of rotatable bonds is 7. The number of carbonyl (C=O) groups is 1. The smallest absolute Gasteiger partial charge is 0.328 e. The van der Waals surface area contributed by atoms with Gasteiger partial charge in [0, 0.05) is 44.6 Å². The highest BCUT2D eigenvalue weighted by Crippen LogP contribution is 2.34. The van der Waals surface area contributed by atoms with Crippen LogP contribution in [0.25, 0.3) is 11.2 Å². The second-order valence-electron chi connectivity index (χ2n) is 12.6. The molecule has 2 unspecified atom stereocenters. The van der Waals surface area contributed by atoms with Crippen LogP contribution in [0.5, 0.6) is 11.5 Å². The number of pyridine rings is 2. The zero-order chi connectivity index (χ0) is 32.7. The van der Waals surface area contributed by atoms with Crippen LogP contribution in [0.4, 0.5) is 22.0 Å². The Morgan fingerprint density at radius 3 is 2.66 bits per heavy atom. The van der Waals surface area contributed by atoms with Crippen molar-refractivity contribution in [2.75, 3.05) is 38.6 Å². The Balaban J connectivity index is 1.34. The molecule has 4 aromatic rings. The van der Waals surface area contributed by atoms with Crippen molar-refractivity contribution in [2.45, 2.75) is 76.0 Å². The summed E-state index contributed by atoms with van der Waals surface area (Å²) in [6.07, 6.45) is 8.70. The molecule has 0 radical (unpaired) electrons. The van der Waals surface area contributed by atoms with Gasteiger partial charge in [-0.25, -0.2) is 19.3 Å². The summed E-state index contributed by atoms with van der Waals surface area (Å²) >= 11 is 0. The largest absolute Gasteiger partial charge is 0.497 e. The Hall–Kier alpha value is -4.62. The lowest BCUT2D eigenvalue weighted by Crippen LogP contribution is -2.52. The van der Waals surface area contributed by atoms with Crippen molar-refractivity contribution >= 4 is 34.4 Å². The Kier molecular flexibility index (Phi) is 8.50. The van der Waals surface area contributed by atoms with Gasteiger partial charge >= 0.3 is 6.03 Å². The number of amides is 1. The Morgan fingerprint density at radius 1 is 1.04 bits per heavy atom. The van der Waals surface area contributed by atoms with Crippen LogP contribution < -0.4 is 30.6 Å². The van der Waals surface area contributed by atoms with Gasteiger partial charge in [-0.3, -0.25) is 4.79 Å². The molecular weight excluding hydrogens is 602 g/mol. The van der Waals surface area contributed by atoms with Gasteiger partial charge in [0.1, 0.15) is 34.8 Å². The average Bonchev–Trinajstić information content (AvgIpc) is 3.51. The predicted molar refractivity (Wildman–Crippen MR) is 177 cm³/mol. The third kappa shape index (κ3) is 5.89. The summed E-state index contributed by atoms with van der Waals surface area (Å²) in [6, 6.07) is 8.83. The fourth-order valence-corrected chi connectivity index (χ4v) is 6.95. The molecule has 47 heavy (non-hydrogen) atoms. The predicted octanol–water partition coefficient (Wildman–Crippen LogP) is 4.74. The van der Waals surface area contributed by atoms with E-state index in [2.05, 4.69) is 15.6 Å². The number of nitrogens with zero attached hydrogens (tertiary/aromatic N) is 5. The summed E-state index contributed by atoms with van der Waals surface area (Å²) in [7, 11) is 6.90. The molecular formula is C34H41N7O6. The number of carbonyl (C=O) groups excluding carboxylic acids is 1. The van der Waals surface area contributed by atoms with Crippen molar-refractivity contribution in [1.29, 1.82) is 0 Å². The first-order valence-corrected chi connectivity index (χ1v) is 16.1. The zero-order valence-electron chi connectivity index (χ0n) is 27.2. The number of hydrogen-bond acceptors (Lipinski definition) is 10. The van der Waals surface area contributed by atoms with E-state index < -0.39 is 0 Å². The number of hydrogen-bond donors (Lipinski definition) is 2. The highest BCUT2D eigenvalue weighted by Gasteiger charge is 2.35. The fraction of sp³-hybridized carbons (Fsp3) is 0.471. The van der Waals surface area contributed by atoms with Crippen molar-refractivity contribution in [3.63, 3.8) is 0 Å². The third-order valence-electron chi connectivity index (χ3n) is 9.69. The number of nitrogens with one attached hydrogen (secondary N) is 2. The van der Waals surface area contributed by atoms with E-state index in [-0.39, 0.29) is 35.9 Å². The van der Waals surface area contributed by atoms with Crippen LogP contribution in [0.3, 0.4) is 0 Å². The highest BCUT2D eigenvalue weighted by molar-refractivity contribution is 5.95. The number of imidazole rings is 1. The summed E-state index contributed by atoms with van der Waals surface area (Å²) in [5, 5.41) is 6.43. The Morgan fingerprint density at radius 2 is 1.89 bits per heavy atom. The minimum Gasteiger partial charge on any atom is -0.497 e. The van der Waals surface area contributed by atoms with E-state index in [1.54, 1.807) is 21.3 Å². The van der Waals surface area contributed by atoms with E-state index >= 15 is 0 Å². The van der Waals surface area contributed by atoms with Crippen molar-refractivity contribution in [2.24, 2.45) is 0 Å². The standard InChI is InChI=1S/C34H41N7O6/c1-39(17-21-9-10-22(44-2)14-29(21)46-4)26-15-30-36-24-13-20(16-40(33(24)42)25-7-5-6-8-28(25)45-3)18-47-27-12-11-23(27)37-34(43)41-19-35-31(26)32(41)38-30/h9-10,13-16,19,23,25,27-28H,5-8,11-12,17-18H2,1-4H3,(H,36,38)(H,37,43)/t23-,25?,27-,28?/m1/s1. The minimum atomic E-state index is -0.332. The SMILES string of the molecule is COc1ccc(CN(C)c2cc3nc4c2ncn4C(=O)N[C@@H]2CC[C@H]2OCc2cc(c(=O)n(C4CCCCC4OC)c2)N3)c(OC)c1. The summed E-state index contributed by atoms with van der Waals surface area (Å²) in [6.45, 7) is 0.769. The molecule has 1 amide bonds. The molecule has 0 spiro atoms. The molecule has 1 aromatic carbocycles.